The number of aromatic nitrogens is 2. The lowest BCUT2D eigenvalue weighted by Crippen LogP contribution is -2.09. The van der Waals surface area contributed by atoms with Gasteiger partial charge in [0, 0.05) is 5.75 Å². The van der Waals surface area contributed by atoms with E-state index in [-0.39, 0.29) is 12.2 Å². The molecule has 2 aromatic rings. The highest BCUT2D eigenvalue weighted by molar-refractivity contribution is 8.00. The van der Waals surface area contributed by atoms with Crippen LogP contribution in [0.4, 0.5) is 9.52 Å². The molecule has 20 heavy (non-hydrogen) atoms. The smallest absolute Gasteiger partial charge is 0.240 e. The first kappa shape index (κ1) is 14.4. The summed E-state index contributed by atoms with van der Waals surface area (Å²) in [7, 11) is 0. The SMILES string of the molecule is N#CCC(=O)Nc1nnc(SCc2ccc(F)cc2)s1. The van der Waals surface area contributed by atoms with Crippen molar-refractivity contribution in [3.05, 3.63) is 35.6 Å². The van der Waals surface area contributed by atoms with Crippen LogP contribution in [0.25, 0.3) is 0 Å². The molecule has 1 N–H and O–H groups in total. The van der Waals surface area contributed by atoms with Crippen molar-refractivity contribution in [2.45, 2.75) is 16.5 Å². The van der Waals surface area contributed by atoms with Gasteiger partial charge in [-0.3, -0.25) is 10.1 Å². The number of carbonyl (C=O) groups is 1. The summed E-state index contributed by atoms with van der Waals surface area (Å²) < 4.78 is 13.4. The lowest BCUT2D eigenvalue weighted by molar-refractivity contribution is -0.115. The van der Waals surface area contributed by atoms with Gasteiger partial charge in [0.15, 0.2) is 4.34 Å². The van der Waals surface area contributed by atoms with Crippen LogP contribution >= 0.6 is 23.1 Å². The summed E-state index contributed by atoms with van der Waals surface area (Å²) in [6.07, 6.45) is -0.211. The predicted octanol–water partition coefficient (Wildman–Crippen LogP) is 2.82. The fourth-order valence-corrected chi connectivity index (χ4v) is 3.00. The molecule has 0 radical (unpaired) electrons. The number of nitrogens with zero attached hydrogens (tertiary/aromatic N) is 3. The van der Waals surface area contributed by atoms with Gasteiger partial charge in [0.2, 0.25) is 11.0 Å². The average Bonchev–Trinajstić information content (AvgIpc) is 2.86. The largest absolute Gasteiger partial charge is 0.300 e. The molecule has 0 atom stereocenters. The maximum absolute atomic E-state index is 12.7. The summed E-state index contributed by atoms with van der Waals surface area (Å²) in [5.74, 6) is -0.0305. The first-order chi connectivity index (χ1) is 9.67. The van der Waals surface area contributed by atoms with Gasteiger partial charge in [-0.2, -0.15) is 5.26 Å². The number of amides is 1. The van der Waals surface area contributed by atoms with Crippen LogP contribution in [0.15, 0.2) is 28.6 Å². The minimum absolute atomic E-state index is 0.211. The van der Waals surface area contributed by atoms with Crippen LogP contribution < -0.4 is 5.32 Å². The van der Waals surface area contributed by atoms with Crippen LogP contribution in [-0.4, -0.2) is 16.1 Å². The van der Waals surface area contributed by atoms with Crippen LogP contribution in [0.1, 0.15) is 12.0 Å². The van der Waals surface area contributed by atoms with Crippen molar-refractivity contribution in [3.8, 4) is 6.07 Å². The molecular weight excluding hydrogens is 299 g/mol. The second-order valence-corrected chi connectivity index (χ2v) is 5.87. The van der Waals surface area contributed by atoms with Gasteiger partial charge in [-0.1, -0.05) is 35.2 Å². The van der Waals surface area contributed by atoms with E-state index in [1.807, 2.05) is 0 Å². The molecule has 1 heterocycles. The number of benzene rings is 1. The number of hydrogen-bond acceptors (Lipinski definition) is 6. The van der Waals surface area contributed by atoms with E-state index in [9.17, 15) is 9.18 Å². The van der Waals surface area contributed by atoms with E-state index in [1.165, 1.54) is 35.2 Å². The Hall–Kier alpha value is -1.98. The van der Waals surface area contributed by atoms with Crippen molar-refractivity contribution in [1.82, 2.24) is 10.2 Å². The molecule has 5 nitrogen and oxygen atoms in total. The number of thioether (sulfide) groups is 1. The minimum atomic E-state index is -0.404. The normalized spacial score (nSPS) is 10.0. The second-order valence-electron chi connectivity index (χ2n) is 3.67. The van der Waals surface area contributed by atoms with E-state index >= 15 is 0 Å². The van der Waals surface area contributed by atoms with Crippen molar-refractivity contribution in [1.29, 1.82) is 5.26 Å². The number of hydrogen-bond donors (Lipinski definition) is 1. The molecule has 0 saturated carbocycles. The van der Waals surface area contributed by atoms with E-state index in [4.69, 9.17) is 5.26 Å². The molecule has 0 spiro atoms. The Morgan fingerprint density at radius 2 is 2.15 bits per heavy atom. The van der Waals surface area contributed by atoms with Crippen LogP contribution in [-0.2, 0) is 10.5 Å². The van der Waals surface area contributed by atoms with Gasteiger partial charge in [-0.25, -0.2) is 4.39 Å². The average molecular weight is 308 g/mol. The molecule has 0 bridgehead atoms. The third-order valence-electron chi connectivity index (χ3n) is 2.17. The van der Waals surface area contributed by atoms with Gasteiger partial charge in [-0.15, -0.1) is 10.2 Å². The van der Waals surface area contributed by atoms with E-state index in [0.29, 0.717) is 15.2 Å². The standard InChI is InChI=1S/C12H9FN4OS2/c13-9-3-1-8(2-4-9)7-19-12-17-16-11(20-12)15-10(18)5-6-14/h1-4H,5,7H2,(H,15,16,18). The molecule has 0 unspecified atom stereocenters. The van der Waals surface area contributed by atoms with Gasteiger partial charge in [0.05, 0.1) is 6.07 Å². The van der Waals surface area contributed by atoms with E-state index < -0.39 is 5.91 Å². The molecule has 1 aromatic carbocycles. The Morgan fingerprint density at radius 1 is 1.40 bits per heavy atom. The zero-order valence-electron chi connectivity index (χ0n) is 10.2. The van der Waals surface area contributed by atoms with Crippen molar-refractivity contribution in [2.24, 2.45) is 0 Å². The first-order valence-electron chi connectivity index (χ1n) is 5.55. The van der Waals surface area contributed by atoms with Gasteiger partial charge in [0.1, 0.15) is 12.2 Å². The Balaban J connectivity index is 1.88. The molecule has 2 rings (SSSR count). The van der Waals surface area contributed by atoms with Crippen LogP contribution in [0, 0.1) is 17.1 Å². The first-order valence-corrected chi connectivity index (χ1v) is 7.35. The third kappa shape index (κ3) is 4.29. The fraction of sp³-hybridized carbons (Fsp3) is 0.167. The third-order valence-corrected chi connectivity index (χ3v) is 4.21. The summed E-state index contributed by atoms with van der Waals surface area (Å²) in [6, 6.07) is 7.98. The monoisotopic (exact) mass is 308 g/mol. The maximum atomic E-state index is 12.7. The number of carbonyl (C=O) groups excluding carboxylic acids is 1. The maximum Gasteiger partial charge on any atom is 0.240 e. The zero-order chi connectivity index (χ0) is 14.4. The van der Waals surface area contributed by atoms with E-state index in [1.54, 1.807) is 18.2 Å². The topological polar surface area (TPSA) is 78.7 Å². The fourth-order valence-electron chi connectivity index (χ4n) is 1.28. The Bertz CT molecular complexity index is 636. The summed E-state index contributed by atoms with van der Waals surface area (Å²) >= 11 is 2.68. The van der Waals surface area contributed by atoms with Crippen LogP contribution in [0.2, 0.25) is 0 Å². The number of nitrogens with one attached hydrogen (secondary N) is 1. The summed E-state index contributed by atoms with van der Waals surface area (Å²) in [6.45, 7) is 0. The van der Waals surface area contributed by atoms with Gasteiger partial charge in [0.25, 0.3) is 0 Å². The van der Waals surface area contributed by atoms with E-state index in [0.717, 1.165) is 5.56 Å². The molecule has 0 aliphatic carbocycles. The molecule has 0 fully saturated rings. The molecule has 102 valence electrons. The van der Waals surface area contributed by atoms with E-state index in [2.05, 4.69) is 15.5 Å². The molecule has 0 saturated heterocycles. The quantitative estimate of drug-likeness (QED) is 0.678. The number of nitriles is 1. The van der Waals surface area contributed by atoms with Gasteiger partial charge < -0.3 is 0 Å². The Kier molecular flexibility index (Phi) is 5.03. The Labute approximate surface area is 122 Å². The number of anilines is 1. The van der Waals surface area contributed by atoms with Crippen molar-refractivity contribution in [2.75, 3.05) is 5.32 Å². The molecular formula is C12H9FN4OS2. The highest BCUT2D eigenvalue weighted by Crippen LogP contribution is 2.28. The van der Waals surface area contributed by atoms with Gasteiger partial charge in [-0.05, 0) is 17.7 Å². The molecule has 8 heteroatoms. The number of rotatable bonds is 5. The van der Waals surface area contributed by atoms with Gasteiger partial charge >= 0.3 is 0 Å². The zero-order valence-corrected chi connectivity index (χ0v) is 11.8. The lowest BCUT2D eigenvalue weighted by Gasteiger charge is -1.97. The summed E-state index contributed by atoms with van der Waals surface area (Å²) in [5.41, 5.74) is 0.974. The number of halogens is 1. The minimum Gasteiger partial charge on any atom is -0.300 e. The predicted molar refractivity (Wildman–Crippen MR) is 74.7 cm³/mol. The summed E-state index contributed by atoms with van der Waals surface area (Å²) in [4.78, 5) is 11.2. The molecule has 1 amide bonds. The second kappa shape index (κ2) is 6.98. The molecule has 0 aliphatic heterocycles. The summed E-state index contributed by atoms with van der Waals surface area (Å²) in [5, 5.41) is 19.0. The Morgan fingerprint density at radius 3 is 2.85 bits per heavy atom. The highest BCUT2D eigenvalue weighted by atomic mass is 32.2. The van der Waals surface area contributed by atoms with Crippen molar-refractivity contribution < 1.29 is 9.18 Å². The molecule has 0 aliphatic rings. The molecule has 1 aromatic heterocycles. The highest BCUT2D eigenvalue weighted by Gasteiger charge is 2.08. The van der Waals surface area contributed by atoms with Crippen LogP contribution in [0.3, 0.4) is 0 Å². The van der Waals surface area contributed by atoms with Crippen molar-refractivity contribution in [3.63, 3.8) is 0 Å². The van der Waals surface area contributed by atoms with Crippen LogP contribution in [0.5, 0.6) is 0 Å². The lowest BCUT2D eigenvalue weighted by atomic mass is 10.2. The van der Waals surface area contributed by atoms with Crippen molar-refractivity contribution >= 4 is 34.1 Å².